The van der Waals surface area contributed by atoms with Crippen LogP contribution < -0.4 is 16.0 Å². The average Bonchev–Trinajstić information content (AvgIpc) is 2.59. The second-order valence-electron chi connectivity index (χ2n) is 6.14. The number of benzene rings is 2. The number of nitrogens with two attached hydrogens (primary N) is 1. The summed E-state index contributed by atoms with van der Waals surface area (Å²) in [5, 5.41) is 3.31. The molecule has 0 radical (unpaired) electrons. The van der Waals surface area contributed by atoms with Crippen LogP contribution in [0.4, 0.5) is 17.1 Å². The van der Waals surface area contributed by atoms with Gasteiger partial charge in [-0.05, 0) is 43.4 Å². The molecule has 0 saturated carbocycles. The Kier molecular flexibility index (Phi) is 5.51. The number of carbonyl (C=O) groups is 1. The number of nitrogens with zero attached hydrogens (tertiary/aromatic N) is 2. The Labute approximate surface area is 160 Å². The Morgan fingerprint density at radius 3 is 2.44 bits per heavy atom. The number of rotatable bonds is 3. The zero-order chi connectivity index (χ0) is 18.0. The third-order valence-corrected chi connectivity index (χ3v) is 5.16. The maximum Gasteiger partial charge on any atom is 0.255 e. The van der Waals surface area contributed by atoms with Crippen LogP contribution in [0.1, 0.15) is 10.4 Å². The van der Waals surface area contributed by atoms with E-state index in [4.69, 9.17) is 17.3 Å². The van der Waals surface area contributed by atoms with Crippen molar-refractivity contribution < 1.29 is 4.79 Å². The number of piperazine rings is 1. The van der Waals surface area contributed by atoms with Crippen molar-refractivity contribution in [2.24, 2.45) is 0 Å². The molecular formula is C18H20BrClN4O. The largest absolute Gasteiger partial charge is 0.397 e. The van der Waals surface area contributed by atoms with E-state index in [1.54, 1.807) is 18.2 Å². The number of anilines is 3. The first-order valence-corrected chi connectivity index (χ1v) is 9.20. The molecule has 0 aliphatic carbocycles. The molecule has 1 aliphatic heterocycles. The molecule has 7 heteroatoms. The fourth-order valence-electron chi connectivity index (χ4n) is 2.79. The molecule has 25 heavy (non-hydrogen) atoms. The third-order valence-electron chi connectivity index (χ3n) is 4.31. The first-order chi connectivity index (χ1) is 11.9. The van der Waals surface area contributed by atoms with E-state index in [1.807, 2.05) is 18.2 Å². The first kappa shape index (κ1) is 18.0. The summed E-state index contributed by atoms with van der Waals surface area (Å²) in [4.78, 5) is 17.0. The zero-order valence-corrected chi connectivity index (χ0v) is 16.3. The predicted molar refractivity (Wildman–Crippen MR) is 108 cm³/mol. The van der Waals surface area contributed by atoms with Gasteiger partial charge in [0.1, 0.15) is 0 Å². The number of amides is 1. The summed E-state index contributed by atoms with van der Waals surface area (Å²) in [6.07, 6.45) is 0. The Morgan fingerprint density at radius 2 is 1.80 bits per heavy atom. The van der Waals surface area contributed by atoms with Gasteiger partial charge in [-0.15, -0.1) is 0 Å². The highest BCUT2D eigenvalue weighted by atomic mass is 79.9. The van der Waals surface area contributed by atoms with E-state index in [1.165, 1.54) is 0 Å². The molecule has 2 aromatic rings. The van der Waals surface area contributed by atoms with E-state index in [9.17, 15) is 4.79 Å². The van der Waals surface area contributed by atoms with E-state index in [-0.39, 0.29) is 5.91 Å². The maximum absolute atomic E-state index is 12.5. The molecule has 3 rings (SSSR count). The molecule has 132 valence electrons. The van der Waals surface area contributed by atoms with Gasteiger partial charge in [0, 0.05) is 36.2 Å². The van der Waals surface area contributed by atoms with Gasteiger partial charge in [-0.1, -0.05) is 27.5 Å². The fourth-order valence-corrected chi connectivity index (χ4v) is 3.27. The van der Waals surface area contributed by atoms with E-state index < -0.39 is 0 Å². The fraction of sp³-hybridized carbons (Fsp3) is 0.278. The summed E-state index contributed by atoms with van der Waals surface area (Å²) >= 11 is 9.65. The van der Waals surface area contributed by atoms with Crippen molar-refractivity contribution in [3.05, 3.63) is 51.5 Å². The van der Waals surface area contributed by atoms with Crippen molar-refractivity contribution in [2.45, 2.75) is 0 Å². The molecule has 0 unspecified atom stereocenters. The Morgan fingerprint density at radius 1 is 1.16 bits per heavy atom. The van der Waals surface area contributed by atoms with E-state index in [0.29, 0.717) is 22.0 Å². The molecule has 3 N–H and O–H groups in total. The highest BCUT2D eigenvalue weighted by Gasteiger charge is 2.19. The lowest BCUT2D eigenvalue weighted by Crippen LogP contribution is -2.44. The van der Waals surface area contributed by atoms with Crippen LogP contribution in [0.5, 0.6) is 0 Å². The topological polar surface area (TPSA) is 61.6 Å². The molecule has 0 aromatic heterocycles. The highest BCUT2D eigenvalue weighted by molar-refractivity contribution is 9.10. The van der Waals surface area contributed by atoms with Crippen molar-refractivity contribution in [2.75, 3.05) is 49.2 Å². The SMILES string of the molecule is CN1CCN(c2cc(NC(=O)c3ccc(Br)cc3)c(Cl)cc2N)CC1. The van der Waals surface area contributed by atoms with Gasteiger partial charge in [-0.2, -0.15) is 0 Å². The lowest BCUT2D eigenvalue weighted by Gasteiger charge is -2.35. The van der Waals surface area contributed by atoms with Gasteiger partial charge >= 0.3 is 0 Å². The van der Waals surface area contributed by atoms with E-state index >= 15 is 0 Å². The number of hydrogen-bond acceptors (Lipinski definition) is 4. The maximum atomic E-state index is 12.5. The van der Waals surface area contributed by atoms with Gasteiger partial charge in [-0.25, -0.2) is 0 Å². The molecular weight excluding hydrogens is 404 g/mol. The van der Waals surface area contributed by atoms with Crippen LogP contribution in [0.3, 0.4) is 0 Å². The minimum atomic E-state index is -0.205. The third kappa shape index (κ3) is 4.26. The number of nitrogen functional groups attached to an aromatic ring is 1. The molecule has 1 fully saturated rings. The molecule has 0 spiro atoms. The standard InChI is InChI=1S/C18H20BrClN4O/c1-23-6-8-24(9-7-23)17-11-16(14(20)10-15(17)21)22-18(25)12-2-4-13(19)5-3-12/h2-5,10-11H,6-9,21H2,1H3,(H,22,25). The van der Waals surface area contributed by atoms with Gasteiger partial charge in [0.05, 0.1) is 22.1 Å². The zero-order valence-electron chi connectivity index (χ0n) is 13.9. The lowest BCUT2D eigenvalue weighted by molar-refractivity contribution is 0.102. The second-order valence-corrected chi connectivity index (χ2v) is 7.47. The Balaban J connectivity index is 1.82. The van der Waals surface area contributed by atoms with Gasteiger partial charge in [0.15, 0.2) is 0 Å². The second kappa shape index (κ2) is 7.64. The summed E-state index contributed by atoms with van der Waals surface area (Å²) in [6.45, 7) is 3.73. The highest BCUT2D eigenvalue weighted by Crippen LogP contribution is 2.34. The summed E-state index contributed by atoms with van der Waals surface area (Å²) in [7, 11) is 2.10. The number of carbonyl (C=O) groups excluding carboxylic acids is 1. The molecule has 1 heterocycles. The number of likely N-dealkylation sites (N-methyl/N-ethyl adjacent to an activating group) is 1. The lowest BCUT2D eigenvalue weighted by atomic mass is 10.1. The summed E-state index contributed by atoms with van der Waals surface area (Å²) in [5.74, 6) is -0.205. The van der Waals surface area contributed by atoms with E-state index in [0.717, 1.165) is 36.3 Å². The molecule has 0 bridgehead atoms. The molecule has 1 amide bonds. The van der Waals surface area contributed by atoms with Gasteiger partial charge in [-0.3, -0.25) is 4.79 Å². The Bertz CT molecular complexity index is 773. The van der Waals surface area contributed by atoms with Crippen molar-refractivity contribution in [1.82, 2.24) is 4.90 Å². The van der Waals surface area contributed by atoms with Crippen LogP contribution in [0, 0.1) is 0 Å². The van der Waals surface area contributed by atoms with Crippen molar-refractivity contribution in [1.29, 1.82) is 0 Å². The number of hydrogen-bond donors (Lipinski definition) is 2. The van der Waals surface area contributed by atoms with Crippen molar-refractivity contribution >= 4 is 50.5 Å². The van der Waals surface area contributed by atoms with Gasteiger partial charge < -0.3 is 20.9 Å². The Hall–Kier alpha value is -1.76. The van der Waals surface area contributed by atoms with Crippen LogP contribution in [-0.2, 0) is 0 Å². The van der Waals surface area contributed by atoms with Crippen LogP contribution in [-0.4, -0.2) is 44.0 Å². The smallest absolute Gasteiger partial charge is 0.255 e. The van der Waals surface area contributed by atoms with Crippen LogP contribution in [0.25, 0.3) is 0 Å². The minimum Gasteiger partial charge on any atom is -0.397 e. The minimum absolute atomic E-state index is 0.205. The molecule has 5 nitrogen and oxygen atoms in total. The monoisotopic (exact) mass is 422 g/mol. The molecule has 1 saturated heterocycles. The van der Waals surface area contributed by atoms with Crippen LogP contribution in [0.15, 0.2) is 40.9 Å². The molecule has 2 aromatic carbocycles. The average molecular weight is 424 g/mol. The van der Waals surface area contributed by atoms with Crippen molar-refractivity contribution in [3.8, 4) is 0 Å². The van der Waals surface area contributed by atoms with Gasteiger partial charge in [0.25, 0.3) is 5.91 Å². The summed E-state index contributed by atoms with van der Waals surface area (Å²) in [5.41, 5.74) is 8.82. The first-order valence-electron chi connectivity index (χ1n) is 8.03. The molecule has 1 aliphatic rings. The van der Waals surface area contributed by atoms with Crippen LogP contribution >= 0.6 is 27.5 Å². The summed E-state index contributed by atoms with van der Waals surface area (Å²) in [6, 6.07) is 10.7. The molecule has 0 atom stereocenters. The number of halogens is 2. The number of nitrogens with one attached hydrogen (secondary N) is 1. The van der Waals surface area contributed by atoms with Gasteiger partial charge in [0.2, 0.25) is 0 Å². The summed E-state index contributed by atoms with van der Waals surface area (Å²) < 4.78 is 0.923. The quantitative estimate of drug-likeness (QED) is 0.739. The van der Waals surface area contributed by atoms with Crippen LogP contribution in [0.2, 0.25) is 5.02 Å². The predicted octanol–water partition coefficient (Wildman–Crippen LogP) is 3.69. The van der Waals surface area contributed by atoms with Crippen molar-refractivity contribution in [3.63, 3.8) is 0 Å². The normalized spacial score (nSPS) is 15.2. The van der Waals surface area contributed by atoms with E-state index in [2.05, 4.69) is 38.1 Å².